The minimum absolute atomic E-state index is 0.172. The lowest BCUT2D eigenvalue weighted by Gasteiger charge is -2.37. The van der Waals surface area contributed by atoms with Crippen LogP contribution >= 0.6 is 15.9 Å². The topological polar surface area (TPSA) is 112 Å². The monoisotopic (exact) mass is 473 g/mol. The standard InChI is InChI=1S/C20H20BrN5O4/c1-24-11-15(14-3-2-12(18(27)28)8-16(14)24)17(19(29)30)25-4-6-26(7-5-25)20-22-9-13(21)10-23-20/h2-3,8-11,17H,4-7H2,1H3,(H,27,28)(H,29,30)/t17-/m1/s1. The molecule has 9 nitrogen and oxygen atoms in total. The molecule has 1 aromatic carbocycles. The van der Waals surface area contributed by atoms with Crippen molar-refractivity contribution in [2.45, 2.75) is 6.04 Å². The predicted octanol–water partition coefficient (Wildman–Crippen LogP) is 2.38. The molecular weight excluding hydrogens is 454 g/mol. The number of aromatic nitrogens is 3. The number of carboxylic acids is 2. The first-order valence-electron chi connectivity index (χ1n) is 9.37. The van der Waals surface area contributed by atoms with Gasteiger partial charge in [0.05, 0.1) is 10.0 Å². The molecule has 3 aromatic rings. The van der Waals surface area contributed by atoms with Crippen LogP contribution in [-0.2, 0) is 11.8 Å². The Morgan fingerprint density at radius 2 is 1.77 bits per heavy atom. The maximum atomic E-state index is 12.2. The van der Waals surface area contributed by atoms with Crippen molar-refractivity contribution in [3.05, 3.63) is 52.4 Å². The van der Waals surface area contributed by atoms with Crippen LogP contribution in [-0.4, -0.2) is 67.8 Å². The van der Waals surface area contributed by atoms with E-state index in [-0.39, 0.29) is 5.56 Å². The smallest absolute Gasteiger partial charge is 0.335 e. The van der Waals surface area contributed by atoms with Crippen LogP contribution in [0.25, 0.3) is 10.9 Å². The van der Waals surface area contributed by atoms with Gasteiger partial charge in [-0.15, -0.1) is 0 Å². The molecule has 0 unspecified atom stereocenters. The van der Waals surface area contributed by atoms with Gasteiger partial charge in [0.15, 0.2) is 0 Å². The van der Waals surface area contributed by atoms with Crippen molar-refractivity contribution in [1.29, 1.82) is 0 Å². The number of piperazine rings is 1. The highest BCUT2D eigenvalue weighted by Crippen LogP contribution is 2.32. The third-order valence-corrected chi connectivity index (χ3v) is 5.78. The number of hydrogen-bond donors (Lipinski definition) is 2. The fraction of sp³-hybridized carbons (Fsp3) is 0.300. The second-order valence-electron chi connectivity index (χ2n) is 7.20. The number of aromatic carboxylic acids is 1. The molecule has 2 aromatic heterocycles. The van der Waals surface area contributed by atoms with Gasteiger partial charge >= 0.3 is 11.9 Å². The summed E-state index contributed by atoms with van der Waals surface area (Å²) in [5, 5.41) is 20.0. The van der Waals surface area contributed by atoms with E-state index in [2.05, 4.69) is 25.9 Å². The average Bonchev–Trinajstić information content (AvgIpc) is 3.05. The van der Waals surface area contributed by atoms with Crippen LogP contribution in [0, 0.1) is 0 Å². The van der Waals surface area contributed by atoms with Gasteiger partial charge < -0.3 is 19.7 Å². The van der Waals surface area contributed by atoms with Crippen LogP contribution in [0.3, 0.4) is 0 Å². The molecule has 10 heteroatoms. The van der Waals surface area contributed by atoms with Crippen molar-refractivity contribution < 1.29 is 19.8 Å². The van der Waals surface area contributed by atoms with Crippen LogP contribution in [0.2, 0.25) is 0 Å². The van der Waals surface area contributed by atoms with E-state index in [0.29, 0.717) is 43.2 Å². The number of nitrogens with zero attached hydrogens (tertiary/aromatic N) is 5. The summed E-state index contributed by atoms with van der Waals surface area (Å²) >= 11 is 3.32. The summed E-state index contributed by atoms with van der Waals surface area (Å²) in [5.74, 6) is -1.32. The molecule has 0 aliphatic carbocycles. The van der Waals surface area contributed by atoms with Crippen molar-refractivity contribution in [2.24, 2.45) is 7.05 Å². The Balaban J connectivity index is 1.60. The zero-order chi connectivity index (χ0) is 21.4. The summed E-state index contributed by atoms with van der Waals surface area (Å²) < 4.78 is 2.58. The fourth-order valence-corrected chi connectivity index (χ4v) is 4.11. The molecule has 156 valence electrons. The summed E-state index contributed by atoms with van der Waals surface area (Å²) in [4.78, 5) is 36.1. The highest BCUT2D eigenvalue weighted by atomic mass is 79.9. The Labute approximate surface area is 180 Å². The maximum Gasteiger partial charge on any atom is 0.335 e. The van der Waals surface area contributed by atoms with Crippen molar-refractivity contribution in [3.8, 4) is 0 Å². The molecule has 2 N–H and O–H groups in total. The summed E-state index contributed by atoms with van der Waals surface area (Å²) in [6, 6.07) is 3.95. The van der Waals surface area contributed by atoms with Gasteiger partial charge in [0.2, 0.25) is 5.95 Å². The van der Waals surface area contributed by atoms with E-state index < -0.39 is 18.0 Å². The van der Waals surface area contributed by atoms with E-state index in [4.69, 9.17) is 0 Å². The lowest BCUT2D eigenvalue weighted by atomic mass is 10.0. The fourth-order valence-electron chi connectivity index (χ4n) is 3.90. The van der Waals surface area contributed by atoms with Gasteiger partial charge in [-0.1, -0.05) is 6.07 Å². The number of aryl methyl sites for hydroxylation is 1. The number of fused-ring (bicyclic) bond motifs is 1. The van der Waals surface area contributed by atoms with E-state index in [9.17, 15) is 19.8 Å². The molecule has 0 saturated carbocycles. The number of anilines is 1. The summed E-state index contributed by atoms with van der Waals surface area (Å²) in [5.41, 5.74) is 1.52. The van der Waals surface area contributed by atoms with Gasteiger partial charge in [-0.3, -0.25) is 9.69 Å². The number of halogens is 1. The van der Waals surface area contributed by atoms with E-state index >= 15 is 0 Å². The Bertz CT molecular complexity index is 1110. The highest BCUT2D eigenvalue weighted by molar-refractivity contribution is 9.10. The largest absolute Gasteiger partial charge is 0.480 e. The Hall–Kier alpha value is -2.98. The van der Waals surface area contributed by atoms with Gasteiger partial charge in [0, 0.05) is 68.3 Å². The molecule has 0 spiro atoms. The van der Waals surface area contributed by atoms with Gasteiger partial charge in [-0.2, -0.15) is 0 Å². The third kappa shape index (κ3) is 3.75. The lowest BCUT2D eigenvalue weighted by molar-refractivity contribution is -0.143. The Morgan fingerprint density at radius 3 is 2.37 bits per heavy atom. The number of hydrogen-bond acceptors (Lipinski definition) is 6. The van der Waals surface area contributed by atoms with Crippen LogP contribution in [0.1, 0.15) is 22.0 Å². The van der Waals surface area contributed by atoms with Crippen molar-refractivity contribution >= 4 is 44.7 Å². The Kier molecular flexibility index (Phi) is 5.44. The molecule has 4 rings (SSSR count). The van der Waals surface area contributed by atoms with Crippen LogP contribution in [0.4, 0.5) is 5.95 Å². The summed E-state index contributed by atoms with van der Waals surface area (Å²) in [7, 11) is 1.79. The van der Waals surface area contributed by atoms with Gasteiger partial charge in [-0.25, -0.2) is 14.8 Å². The molecule has 1 atom stereocenters. The number of rotatable bonds is 5. The number of aliphatic carboxylic acids is 1. The molecule has 0 amide bonds. The molecule has 1 aliphatic heterocycles. The number of benzene rings is 1. The first-order chi connectivity index (χ1) is 14.3. The molecule has 1 aliphatic rings. The quantitative estimate of drug-likeness (QED) is 0.580. The molecule has 1 saturated heterocycles. The summed E-state index contributed by atoms with van der Waals surface area (Å²) in [6.07, 6.45) is 5.16. The molecule has 30 heavy (non-hydrogen) atoms. The first-order valence-corrected chi connectivity index (χ1v) is 10.2. The van der Waals surface area contributed by atoms with Gasteiger partial charge in [0.25, 0.3) is 0 Å². The Morgan fingerprint density at radius 1 is 1.10 bits per heavy atom. The zero-order valence-corrected chi connectivity index (χ0v) is 17.8. The summed E-state index contributed by atoms with van der Waals surface area (Å²) in [6.45, 7) is 2.30. The second kappa shape index (κ2) is 8.04. The third-order valence-electron chi connectivity index (χ3n) is 5.37. The maximum absolute atomic E-state index is 12.2. The van der Waals surface area contributed by atoms with E-state index in [1.165, 1.54) is 6.07 Å². The van der Waals surface area contributed by atoms with E-state index in [1.54, 1.807) is 42.3 Å². The van der Waals surface area contributed by atoms with Crippen molar-refractivity contribution in [3.63, 3.8) is 0 Å². The number of carboxylic acid groups (broad SMARTS) is 2. The first kappa shape index (κ1) is 20.3. The highest BCUT2D eigenvalue weighted by Gasteiger charge is 2.33. The molecular formula is C20H20BrN5O4. The minimum Gasteiger partial charge on any atom is -0.480 e. The van der Waals surface area contributed by atoms with E-state index in [1.807, 2.05) is 9.80 Å². The normalized spacial score (nSPS) is 16.0. The zero-order valence-electron chi connectivity index (χ0n) is 16.2. The van der Waals surface area contributed by atoms with Gasteiger partial charge in [0.1, 0.15) is 6.04 Å². The molecule has 1 fully saturated rings. The molecule has 3 heterocycles. The van der Waals surface area contributed by atoms with E-state index in [0.717, 1.165) is 9.86 Å². The van der Waals surface area contributed by atoms with Crippen LogP contribution in [0.15, 0.2) is 41.3 Å². The molecule has 0 radical (unpaired) electrons. The van der Waals surface area contributed by atoms with Crippen molar-refractivity contribution in [2.75, 3.05) is 31.1 Å². The molecule has 0 bridgehead atoms. The van der Waals surface area contributed by atoms with Crippen LogP contribution < -0.4 is 4.90 Å². The lowest BCUT2D eigenvalue weighted by Crippen LogP contribution is -2.49. The van der Waals surface area contributed by atoms with Gasteiger partial charge in [-0.05, 0) is 28.1 Å². The predicted molar refractivity (Wildman–Crippen MR) is 114 cm³/mol. The second-order valence-corrected chi connectivity index (χ2v) is 8.11. The van der Waals surface area contributed by atoms with Crippen LogP contribution in [0.5, 0.6) is 0 Å². The SMILES string of the molecule is Cn1cc([C@H](C(=O)O)N2CCN(c3ncc(Br)cn3)CC2)c2ccc(C(=O)O)cc21. The average molecular weight is 474 g/mol. The number of carbonyl (C=O) groups is 2. The minimum atomic E-state index is -1.01. The van der Waals surface area contributed by atoms with Crippen molar-refractivity contribution in [1.82, 2.24) is 19.4 Å².